The number of halogens is 4. The molecule has 4 aliphatic rings. The van der Waals surface area contributed by atoms with Crippen LogP contribution in [0.4, 0.5) is 11.4 Å². The van der Waals surface area contributed by atoms with Gasteiger partial charge in [-0.1, -0.05) is 46.4 Å². The zero-order valence-corrected chi connectivity index (χ0v) is 31.1. The summed E-state index contributed by atoms with van der Waals surface area (Å²) >= 11 is 23.9. The molecular formula is C38H36Cl4N4O6. The highest BCUT2D eigenvalue weighted by Gasteiger charge is 2.58. The second kappa shape index (κ2) is 15.2. The molecule has 4 bridgehead atoms. The molecule has 4 aliphatic heterocycles. The second-order valence-electron chi connectivity index (χ2n) is 13.7. The van der Waals surface area contributed by atoms with E-state index in [1.54, 1.807) is 48.8 Å². The number of carbonyl (C=O) groups is 2. The maximum atomic E-state index is 13.0. The number of aliphatic hydroxyl groups excluding tert-OH is 2. The van der Waals surface area contributed by atoms with Gasteiger partial charge in [0.25, 0.3) is 0 Å². The topological polar surface area (TPSA) is 143 Å². The van der Waals surface area contributed by atoms with Gasteiger partial charge in [0.2, 0.25) is 11.8 Å². The summed E-state index contributed by atoms with van der Waals surface area (Å²) < 4.78 is 11.9. The molecule has 2 amide bonds. The molecule has 0 aliphatic carbocycles. The van der Waals surface area contributed by atoms with Crippen LogP contribution in [0.15, 0.2) is 73.1 Å². The van der Waals surface area contributed by atoms with Crippen LogP contribution < -0.4 is 10.6 Å². The molecule has 4 saturated heterocycles. The predicted molar refractivity (Wildman–Crippen MR) is 199 cm³/mol. The van der Waals surface area contributed by atoms with Crippen LogP contribution in [0.1, 0.15) is 47.2 Å². The molecule has 2 aromatic heterocycles. The van der Waals surface area contributed by atoms with E-state index < -0.39 is 12.2 Å². The summed E-state index contributed by atoms with van der Waals surface area (Å²) in [5.74, 6) is -1.51. The van der Waals surface area contributed by atoms with Crippen molar-refractivity contribution < 1.29 is 29.3 Å². The minimum atomic E-state index is -0.563. The molecule has 2 aromatic carbocycles. The van der Waals surface area contributed by atoms with Crippen molar-refractivity contribution in [3.63, 3.8) is 0 Å². The SMILES string of the molecule is Cc1cc([C@@H]2[C@@H]3O[C@@H](C[C@H]3O)[C@@H]2C(=O)Nc2ccc(Cl)c(Cl)c2)ccn1.Cc1cc([C@H]2[C@H]3O[C@H](C[C@@H]3O)[C@H]2C(=O)Nc2ccc(Cl)c(Cl)c2)ccn1. The van der Waals surface area contributed by atoms with Crippen LogP contribution in [0.5, 0.6) is 0 Å². The van der Waals surface area contributed by atoms with Gasteiger partial charge >= 0.3 is 0 Å². The van der Waals surface area contributed by atoms with Crippen LogP contribution in [-0.4, -0.2) is 68.6 Å². The van der Waals surface area contributed by atoms with Crippen molar-refractivity contribution in [1.29, 1.82) is 0 Å². The molecule has 8 rings (SSSR count). The molecule has 0 radical (unpaired) electrons. The number of aryl methyl sites for hydroxylation is 2. The predicted octanol–water partition coefficient (Wildman–Crippen LogP) is 7.13. The van der Waals surface area contributed by atoms with Gasteiger partial charge in [0.05, 0.1) is 68.6 Å². The van der Waals surface area contributed by atoms with Crippen LogP contribution in [0.25, 0.3) is 0 Å². The molecule has 14 heteroatoms. The lowest BCUT2D eigenvalue weighted by molar-refractivity contribution is -0.122. The van der Waals surface area contributed by atoms with E-state index in [4.69, 9.17) is 55.9 Å². The van der Waals surface area contributed by atoms with Gasteiger partial charge in [-0.15, -0.1) is 0 Å². The highest BCUT2D eigenvalue weighted by Crippen LogP contribution is 2.50. The van der Waals surface area contributed by atoms with Crippen molar-refractivity contribution >= 4 is 69.6 Å². The largest absolute Gasteiger partial charge is 0.390 e. The number of hydrogen-bond acceptors (Lipinski definition) is 8. The molecule has 0 unspecified atom stereocenters. The van der Waals surface area contributed by atoms with Crippen molar-refractivity contribution in [1.82, 2.24) is 9.97 Å². The number of hydrogen-bond donors (Lipinski definition) is 4. The van der Waals surface area contributed by atoms with Crippen LogP contribution in [0.2, 0.25) is 20.1 Å². The minimum Gasteiger partial charge on any atom is -0.390 e. The van der Waals surface area contributed by atoms with E-state index in [-0.39, 0.29) is 59.9 Å². The molecule has 10 atom stereocenters. The fraction of sp³-hybridized carbons (Fsp3) is 0.368. The van der Waals surface area contributed by atoms with Gasteiger partial charge in [-0.05, 0) is 85.6 Å². The Morgan fingerprint density at radius 3 is 1.40 bits per heavy atom. The third-order valence-corrected chi connectivity index (χ3v) is 11.7. The van der Waals surface area contributed by atoms with Gasteiger partial charge in [-0.2, -0.15) is 0 Å². The standard InChI is InChI=1S/2C19H18Cl2N2O3/c2*1-9-6-10(4-5-22-9)16-17(15-8-14(24)18(16)26-15)19(25)23-11-2-3-12(20)13(21)7-11/h2*2-7,14-18,24H,8H2,1H3,(H,23,25)/t2*14-,15+,16+,17+,18-/m10/s1. The number of benzene rings is 2. The summed E-state index contributed by atoms with van der Waals surface area (Å²) in [6.45, 7) is 3.80. The molecule has 10 nitrogen and oxygen atoms in total. The second-order valence-corrected chi connectivity index (χ2v) is 15.3. The lowest BCUT2D eigenvalue weighted by atomic mass is 9.74. The van der Waals surface area contributed by atoms with Crippen molar-refractivity contribution in [2.45, 2.75) is 75.1 Å². The summed E-state index contributed by atoms with van der Waals surface area (Å²) in [4.78, 5) is 34.5. The molecular weight excluding hydrogens is 750 g/mol. The highest BCUT2D eigenvalue weighted by atomic mass is 35.5. The zero-order chi connectivity index (χ0) is 36.8. The smallest absolute Gasteiger partial charge is 0.230 e. The molecule has 52 heavy (non-hydrogen) atoms. The minimum absolute atomic E-state index is 0.151. The van der Waals surface area contributed by atoms with Crippen molar-refractivity contribution in [2.24, 2.45) is 11.8 Å². The van der Waals surface area contributed by atoms with E-state index in [0.717, 1.165) is 22.5 Å². The summed E-state index contributed by atoms with van der Waals surface area (Å²) in [5, 5.41) is 28.0. The quantitative estimate of drug-likeness (QED) is 0.162. The first-order chi connectivity index (χ1) is 24.9. The summed E-state index contributed by atoms with van der Waals surface area (Å²) in [7, 11) is 0. The molecule has 4 aromatic rings. The number of aliphatic hydroxyl groups is 2. The number of aromatic nitrogens is 2. The summed E-state index contributed by atoms with van der Waals surface area (Å²) in [6, 6.07) is 17.6. The van der Waals surface area contributed by atoms with Gasteiger partial charge in [-0.25, -0.2) is 0 Å². The molecule has 4 fully saturated rings. The Kier molecular flexibility index (Phi) is 10.8. The number of ether oxygens (including phenoxy) is 2. The number of carbonyl (C=O) groups excluding carboxylic acids is 2. The zero-order valence-electron chi connectivity index (χ0n) is 28.0. The fourth-order valence-electron chi connectivity index (χ4n) is 8.03. The maximum Gasteiger partial charge on any atom is 0.230 e. The maximum absolute atomic E-state index is 13.0. The summed E-state index contributed by atoms with van der Waals surface area (Å²) in [5.41, 5.74) is 4.80. The first-order valence-electron chi connectivity index (χ1n) is 16.9. The lowest BCUT2D eigenvalue weighted by Gasteiger charge is -2.30. The van der Waals surface area contributed by atoms with Crippen LogP contribution >= 0.6 is 46.4 Å². The average molecular weight is 787 g/mol. The van der Waals surface area contributed by atoms with E-state index in [0.29, 0.717) is 44.3 Å². The van der Waals surface area contributed by atoms with Crippen molar-refractivity contribution in [3.05, 3.63) is 116 Å². The Balaban J connectivity index is 0.000000162. The Hall–Kier alpha value is -3.32. The Morgan fingerprint density at radius 1 is 0.635 bits per heavy atom. The van der Waals surface area contributed by atoms with Crippen LogP contribution in [0, 0.1) is 25.7 Å². The fourth-order valence-corrected chi connectivity index (χ4v) is 8.62. The molecule has 4 N–H and O–H groups in total. The van der Waals surface area contributed by atoms with E-state index in [1.165, 1.54) is 0 Å². The highest BCUT2D eigenvalue weighted by molar-refractivity contribution is 6.42. The van der Waals surface area contributed by atoms with Gasteiger partial charge in [-0.3, -0.25) is 19.6 Å². The number of nitrogens with zero attached hydrogens (tertiary/aromatic N) is 2. The lowest BCUT2D eigenvalue weighted by Crippen LogP contribution is -2.41. The Labute approximate surface area is 320 Å². The van der Waals surface area contributed by atoms with Crippen molar-refractivity contribution in [2.75, 3.05) is 10.6 Å². The Morgan fingerprint density at radius 2 is 1.04 bits per heavy atom. The van der Waals surface area contributed by atoms with Gasteiger partial charge in [0, 0.05) is 59.8 Å². The molecule has 6 heterocycles. The molecule has 272 valence electrons. The first-order valence-corrected chi connectivity index (χ1v) is 18.4. The Bertz CT molecular complexity index is 1860. The van der Waals surface area contributed by atoms with E-state index in [9.17, 15) is 19.8 Å². The van der Waals surface area contributed by atoms with E-state index in [1.807, 2.05) is 38.1 Å². The normalized spacial score (nSPS) is 29.8. The third-order valence-electron chi connectivity index (χ3n) is 10.2. The van der Waals surface area contributed by atoms with Gasteiger partial charge < -0.3 is 30.3 Å². The van der Waals surface area contributed by atoms with Gasteiger partial charge in [0.1, 0.15) is 0 Å². The molecule has 0 saturated carbocycles. The number of nitrogens with one attached hydrogen (secondary N) is 2. The van der Waals surface area contributed by atoms with Gasteiger partial charge in [0.15, 0.2) is 0 Å². The van der Waals surface area contributed by atoms with Crippen molar-refractivity contribution in [3.8, 4) is 0 Å². The van der Waals surface area contributed by atoms with Crippen LogP contribution in [0.3, 0.4) is 0 Å². The number of pyridine rings is 2. The molecule has 0 spiro atoms. The third kappa shape index (κ3) is 7.41. The monoisotopic (exact) mass is 784 g/mol. The number of rotatable bonds is 6. The number of fused-ring (bicyclic) bond motifs is 4. The number of anilines is 2. The average Bonchev–Trinajstić information content (AvgIpc) is 3.87. The van der Waals surface area contributed by atoms with E-state index >= 15 is 0 Å². The first kappa shape index (κ1) is 37.0. The van der Waals surface area contributed by atoms with Crippen LogP contribution in [-0.2, 0) is 19.1 Å². The van der Waals surface area contributed by atoms with E-state index in [2.05, 4.69) is 20.6 Å². The summed E-state index contributed by atoms with van der Waals surface area (Å²) in [6.07, 6.45) is 1.86. The number of amides is 2.